The van der Waals surface area contributed by atoms with Crippen molar-refractivity contribution in [1.29, 1.82) is 0 Å². The van der Waals surface area contributed by atoms with Gasteiger partial charge in [-0.05, 0) is 54.4 Å². The predicted octanol–water partition coefficient (Wildman–Crippen LogP) is 5.28. The van der Waals surface area contributed by atoms with Crippen LogP contribution in [-0.2, 0) is 0 Å². The lowest BCUT2D eigenvalue weighted by Crippen LogP contribution is -2.20. The molecular formula is C17H19NS2. The van der Waals surface area contributed by atoms with E-state index in [2.05, 4.69) is 61.8 Å². The Morgan fingerprint density at radius 3 is 2.70 bits per heavy atom. The Morgan fingerprint density at radius 2 is 2.00 bits per heavy atom. The number of benzene rings is 1. The van der Waals surface area contributed by atoms with Gasteiger partial charge in [0, 0.05) is 14.5 Å². The highest BCUT2D eigenvalue weighted by molar-refractivity contribution is 7.17. The molecule has 2 heterocycles. The maximum Gasteiger partial charge on any atom is 0.0685 e. The second kappa shape index (κ2) is 5.68. The molecule has 0 amide bonds. The van der Waals surface area contributed by atoms with Crippen LogP contribution in [0, 0.1) is 13.8 Å². The molecular weight excluding hydrogens is 282 g/mol. The zero-order valence-corrected chi connectivity index (χ0v) is 13.7. The van der Waals surface area contributed by atoms with Crippen LogP contribution in [0.2, 0.25) is 0 Å². The number of nitrogens with one attached hydrogen (secondary N) is 1. The zero-order chi connectivity index (χ0) is 14.1. The van der Waals surface area contributed by atoms with Crippen molar-refractivity contribution >= 4 is 32.8 Å². The second-order valence-electron chi connectivity index (χ2n) is 5.07. The van der Waals surface area contributed by atoms with E-state index in [-0.39, 0.29) is 0 Å². The fourth-order valence-corrected chi connectivity index (χ4v) is 4.66. The Balaban J connectivity index is 2.10. The second-order valence-corrected chi connectivity index (χ2v) is 7.26. The van der Waals surface area contributed by atoms with Crippen LogP contribution in [0.25, 0.3) is 10.1 Å². The third-order valence-electron chi connectivity index (χ3n) is 3.70. The lowest BCUT2D eigenvalue weighted by molar-refractivity contribution is 0.644. The SMILES string of the molecule is CCNC(c1cc(C)c(C)s1)c1csc2ccccc12. The molecule has 0 radical (unpaired) electrons. The van der Waals surface area contributed by atoms with Crippen molar-refractivity contribution in [3.8, 4) is 0 Å². The topological polar surface area (TPSA) is 12.0 Å². The predicted molar refractivity (Wildman–Crippen MR) is 91.1 cm³/mol. The van der Waals surface area contributed by atoms with E-state index in [1.54, 1.807) is 0 Å². The monoisotopic (exact) mass is 301 g/mol. The van der Waals surface area contributed by atoms with E-state index in [0.29, 0.717) is 6.04 Å². The third kappa shape index (κ3) is 2.41. The highest BCUT2D eigenvalue weighted by Crippen LogP contribution is 2.36. The molecule has 0 aliphatic rings. The summed E-state index contributed by atoms with van der Waals surface area (Å²) >= 11 is 3.75. The van der Waals surface area contributed by atoms with Crippen LogP contribution in [0.1, 0.15) is 33.8 Å². The maximum absolute atomic E-state index is 3.65. The molecule has 0 aliphatic heterocycles. The Labute approximate surface area is 128 Å². The van der Waals surface area contributed by atoms with Crippen LogP contribution in [0.4, 0.5) is 0 Å². The summed E-state index contributed by atoms with van der Waals surface area (Å²) in [5.41, 5.74) is 2.81. The number of fused-ring (bicyclic) bond motifs is 1. The number of aryl methyl sites for hydroxylation is 2. The number of hydrogen-bond donors (Lipinski definition) is 1. The van der Waals surface area contributed by atoms with E-state index in [1.165, 1.54) is 31.0 Å². The first-order chi connectivity index (χ1) is 9.70. The van der Waals surface area contributed by atoms with Crippen LogP contribution in [-0.4, -0.2) is 6.54 Å². The van der Waals surface area contributed by atoms with Gasteiger partial charge in [-0.1, -0.05) is 25.1 Å². The fourth-order valence-electron chi connectivity index (χ4n) is 2.53. The Morgan fingerprint density at radius 1 is 1.20 bits per heavy atom. The summed E-state index contributed by atoms with van der Waals surface area (Å²) < 4.78 is 1.37. The van der Waals surface area contributed by atoms with Crippen molar-refractivity contribution in [3.63, 3.8) is 0 Å². The first-order valence-corrected chi connectivity index (χ1v) is 8.66. The van der Waals surface area contributed by atoms with Gasteiger partial charge >= 0.3 is 0 Å². The normalized spacial score (nSPS) is 12.9. The van der Waals surface area contributed by atoms with Crippen LogP contribution >= 0.6 is 22.7 Å². The average Bonchev–Trinajstić information content (AvgIpc) is 3.01. The Kier molecular flexibility index (Phi) is 3.92. The smallest absolute Gasteiger partial charge is 0.0685 e. The lowest BCUT2D eigenvalue weighted by atomic mass is 10.0. The van der Waals surface area contributed by atoms with E-state index < -0.39 is 0 Å². The van der Waals surface area contributed by atoms with E-state index in [1.807, 2.05) is 22.7 Å². The minimum absolute atomic E-state index is 0.313. The third-order valence-corrected chi connectivity index (χ3v) is 5.90. The van der Waals surface area contributed by atoms with E-state index >= 15 is 0 Å². The van der Waals surface area contributed by atoms with Crippen molar-refractivity contribution in [1.82, 2.24) is 5.32 Å². The van der Waals surface area contributed by atoms with Gasteiger partial charge in [-0.25, -0.2) is 0 Å². The average molecular weight is 301 g/mol. The largest absolute Gasteiger partial charge is 0.306 e. The van der Waals surface area contributed by atoms with Gasteiger partial charge < -0.3 is 5.32 Å². The minimum atomic E-state index is 0.313. The highest BCUT2D eigenvalue weighted by Gasteiger charge is 2.19. The van der Waals surface area contributed by atoms with Gasteiger partial charge in [-0.3, -0.25) is 0 Å². The van der Waals surface area contributed by atoms with E-state index in [0.717, 1.165) is 6.54 Å². The molecule has 1 aromatic carbocycles. The summed E-state index contributed by atoms with van der Waals surface area (Å²) in [5.74, 6) is 0. The molecule has 0 fully saturated rings. The first-order valence-electron chi connectivity index (χ1n) is 6.97. The van der Waals surface area contributed by atoms with Crippen LogP contribution < -0.4 is 5.32 Å². The Bertz CT molecular complexity index is 704. The van der Waals surface area contributed by atoms with Crippen LogP contribution in [0.15, 0.2) is 35.7 Å². The summed E-state index contributed by atoms with van der Waals surface area (Å²) in [7, 11) is 0. The van der Waals surface area contributed by atoms with Crippen LogP contribution in [0.5, 0.6) is 0 Å². The molecule has 3 aromatic rings. The first kappa shape index (κ1) is 13.8. The van der Waals surface area contributed by atoms with Gasteiger partial charge in [0.05, 0.1) is 6.04 Å². The standard InChI is InChI=1S/C17H19NS2/c1-4-18-17(16-9-11(2)12(3)20-16)14-10-19-15-8-6-5-7-13(14)15/h5-10,17-18H,4H2,1-3H3. The van der Waals surface area contributed by atoms with Gasteiger partial charge in [0.2, 0.25) is 0 Å². The van der Waals surface area contributed by atoms with Crippen molar-refractivity contribution < 1.29 is 0 Å². The molecule has 104 valence electrons. The molecule has 0 spiro atoms. The summed E-state index contributed by atoms with van der Waals surface area (Å²) in [6.07, 6.45) is 0. The van der Waals surface area contributed by atoms with E-state index in [4.69, 9.17) is 0 Å². The van der Waals surface area contributed by atoms with Crippen molar-refractivity contribution in [2.45, 2.75) is 26.8 Å². The molecule has 1 unspecified atom stereocenters. The molecule has 1 N–H and O–H groups in total. The summed E-state index contributed by atoms with van der Waals surface area (Å²) in [6.45, 7) is 7.56. The molecule has 1 atom stereocenters. The van der Waals surface area contributed by atoms with Gasteiger partial charge in [-0.2, -0.15) is 0 Å². The molecule has 2 aromatic heterocycles. The van der Waals surface area contributed by atoms with Crippen molar-refractivity contribution in [2.75, 3.05) is 6.54 Å². The fraction of sp³-hybridized carbons (Fsp3) is 0.294. The summed E-state index contributed by atoms with van der Waals surface area (Å²) in [4.78, 5) is 2.84. The molecule has 0 aliphatic carbocycles. The van der Waals surface area contributed by atoms with Crippen molar-refractivity contribution in [2.24, 2.45) is 0 Å². The summed E-state index contributed by atoms with van der Waals surface area (Å²) in [6, 6.07) is 11.3. The van der Waals surface area contributed by atoms with Crippen LogP contribution in [0.3, 0.4) is 0 Å². The molecule has 0 bridgehead atoms. The molecule has 1 nitrogen and oxygen atoms in total. The highest BCUT2D eigenvalue weighted by atomic mass is 32.1. The van der Waals surface area contributed by atoms with Gasteiger partial charge in [0.1, 0.15) is 0 Å². The van der Waals surface area contributed by atoms with Gasteiger partial charge in [-0.15, -0.1) is 22.7 Å². The maximum atomic E-state index is 3.65. The molecule has 0 saturated heterocycles. The van der Waals surface area contributed by atoms with E-state index in [9.17, 15) is 0 Å². The van der Waals surface area contributed by atoms with Gasteiger partial charge in [0.25, 0.3) is 0 Å². The quantitative estimate of drug-likeness (QED) is 0.691. The molecule has 3 rings (SSSR count). The molecule has 20 heavy (non-hydrogen) atoms. The zero-order valence-electron chi connectivity index (χ0n) is 12.1. The molecule has 0 saturated carbocycles. The Hall–Kier alpha value is -1.16. The molecule has 3 heteroatoms. The van der Waals surface area contributed by atoms with Gasteiger partial charge in [0.15, 0.2) is 0 Å². The van der Waals surface area contributed by atoms with Crippen molar-refractivity contribution in [3.05, 3.63) is 56.6 Å². The minimum Gasteiger partial charge on any atom is -0.306 e. The lowest BCUT2D eigenvalue weighted by Gasteiger charge is -2.16. The number of thiophene rings is 2. The summed E-state index contributed by atoms with van der Waals surface area (Å²) in [5, 5.41) is 7.34. The number of rotatable bonds is 4. The number of hydrogen-bond acceptors (Lipinski definition) is 3.